The molecule has 2 aromatic rings. The van der Waals surface area contributed by atoms with E-state index in [1.807, 2.05) is 0 Å². The Morgan fingerprint density at radius 2 is 1.55 bits per heavy atom. The number of ether oxygens (including phenoxy) is 2. The van der Waals surface area contributed by atoms with E-state index in [2.05, 4.69) is 35.3 Å². The molecule has 2 N–H and O–H groups in total. The van der Waals surface area contributed by atoms with Crippen LogP contribution in [0.1, 0.15) is 5.56 Å². The van der Waals surface area contributed by atoms with Gasteiger partial charge in [0, 0.05) is 36.8 Å². The lowest BCUT2D eigenvalue weighted by Gasteiger charge is -2.30. The van der Waals surface area contributed by atoms with Gasteiger partial charge in [0.15, 0.2) is 0 Å². The summed E-state index contributed by atoms with van der Waals surface area (Å²) in [5, 5.41) is 14.3. The largest absolute Gasteiger partial charge is 0.508 e. The summed E-state index contributed by atoms with van der Waals surface area (Å²) in [5.74, 6) is 1.60. The Labute approximate surface area is 173 Å². The maximum Gasteiger partial charge on any atom is 0.250 e. The molecule has 4 rings (SSSR count). The SMILES string of the molecule is Oc1ccc(Cl)c(/C=N\Nc2nc(N3CCOCC3)nc(N3CCOCC3)n2)c1. The van der Waals surface area contributed by atoms with Crippen molar-refractivity contribution < 1.29 is 14.6 Å². The molecule has 154 valence electrons. The highest BCUT2D eigenvalue weighted by Gasteiger charge is 2.20. The fraction of sp³-hybridized carbons (Fsp3) is 0.444. The van der Waals surface area contributed by atoms with Gasteiger partial charge in [-0.15, -0.1) is 0 Å². The van der Waals surface area contributed by atoms with Crippen molar-refractivity contribution in [3.63, 3.8) is 0 Å². The van der Waals surface area contributed by atoms with E-state index in [0.717, 1.165) is 0 Å². The molecule has 29 heavy (non-hydrogen) atoms. The number of hydrogen-bond acceptors (Lipinski definition) is 10. The van der Waals surface area contributed by atoms with Gasteiger partial charge in [-0.1, -0.05) is 11.6 Å². The molecule has 0 amide bonds. The van der Waals surface area contributed by atoms with Crippen LogP contribution in [-0.2, 0) is 9.47 Å². The molecule has 0 spiro atoms. The Bertz CT molecular complexity index is 834. The Morgan fingerprint density at radius 3 is 2.14 bits per heavy atom. The smallest absolute Gasteiger partial charge is 0.250 e. The van der Waals surface area contributed by atoms with Crippen LogP contribution in [0.2, 0.25) is 5.02 Å². The van der Waals surface area contributed by atoms with E-state index >= 15 is 0 Å². The number of phenolic OH excluding ortho intramolecular Hbond substituents is 1. The van der Waals surface area contributed by atoms with Gasteiger partial charge in [0.1, 0.15) is 5.75 Å². The number of rotatable bonds is 5. The van der Waals surface area contributed by atoms with Crippen molar-refractivity contribution in [2.24, 2.45) is 5.10 Å². The first-order valence-electron chi connectivity index (χ1n) is 9.38. The Hall–Kier alpha value is -2.69. The maximum absolute atomic E-state index is 9.61. The number of phenols is 1. The van der Waals surface area contributed by atoms with Crippen LogP contribution in [0.25, 0.3) is 0 Å². The molecule has 2 aliphatic rings. The van der Waals surface area contributed by atoms with Crippen molar-refractivity contribution in [2.75, 3.05) is 67.8 Å². The zero-order chi connectivity index (χ0) is 20.1. The van der Waals surface area contributed by atoms with Crippen LogP contribution in [0.4, 0.5) is 17.8 Å². The molecule has 10 nitrogen and oxygen atoms in total. The summed E-state index contributed by atoms with van der Waals surface area (Å²) in [7, 11) is 0. The average molecular weight is 420 g/mol. The normalized spacial score (nSPS) is 17.7. The fourth-order valence-corrected chi connectivity index (χ4v) is 3.17. The van der Waals surface area contributed by atoms with Gasteiger partial charge in [0.25, 0.3) is 0 Å². The monoisotopic (exact) mass is 419 g/mol. The minimum atomic E-state index is 0.111. The molecule has 0 aliphatic carbocycles. The predicted molar refractivity (Wildman–Crippen MR) is 110 cm³/mol. The van der Waals surface area contributed by atoms with Crippen molar-refractivity contribution in [1.82, 2.24) is 15.0 Å². The molecule has 11 heteroatoms. The summed E-state index contributed by atoms with van der Waals surface area (Å²) in [6.07, 6.45) is 1.51. The van der Waals surface area contributed by atoms with E-state index in [1.54, 1.807) is 6.07 Å². The number of aromatic hydroxyl groups is 1. The quantitative estimate of drug-likeness (QED) is 0.548. The lowest BCUT2D eigenvalue weighted by Crippen LogP contribution is -2.40. The molecule has 3 heterocycles. The van der Waals surface area contributed by atoms with Crippen molar-refractivity contribution in [3.8, 4) is 5.75 Å². The molecule has 1 aromatic carbocycles. The van der Waals surface area contributed by atoms with Gasteiger partial charge in [0.2, 0.25) is 17.8 Å². The van der Waals surface area contributed by atoms with Gasteiger partial charge < -0.3 is 24.4 Å². The molecule has 2 aliphatic heterocycles. The first-order valence-corrected chi connectivity index (χ1v) is 9.76. The summed E-state index contributed by atoms with van der Waals surface area (Å²) in [4.78, 5) is 17.8. The van der Waals surface area contributed by atoms with Crippen LogP contribution in [0, 0.1) is 0 Å². The van der Waals surface area contributed by atoms with E-state index in [-0.39, 0.29) is 5.75 Å². The number of hydrogen-bond donors (Lipinski definition) is 2. The van der Waals surface area contributed by atoms with E-state index in [4.69, 9.17) is 21.1 Å². The number of anilines is 3. The molecule has 0 atom stereocenters. The molecule has 0 bridgehead atoms. The van der Waals surface area contributed by atoms with E-state index in [0.29, 0.717) is 81.0 Å². The van der Waals surface area contributed by atoms with Gasteiger partial charge in [-0.3, -0.25) is 0 Å². The second kappa shape index (κ2) is 9.21. The van der Waals surface area contributed by atoms with Crippen LogP contribution in [-0.4, -0.2) is 78.9 Å². The number of halogens is 1. The third-order valence-corrected chi connectivity index (χ3v) is 4.89. The highest BCUT2D eigenvalue weighted by molar-refractivity contribution is 6.33. The summed E-state index contributed by atoms with van der Waals surface area (Å²) < 4.78 is 10.8. The minimum absolute atomic E-state index is 0.111. The number of nitrogens with zero attached hydrogens (tertiary/aromatic N) is 6. The molecule has 2 saturated heterocycles. The van der Waals surface area contributed by atoms with E-state index in [1.165, 1.54) is 18.3 Å². The molecule has 0 unspecified atom stereocenters. The van der Waals surface area contributed by atoms with Crippen LogP contribution in [0.3, 0.4) is 0 Å². The number of nitrogens with one attached hydrogen (secondary N) is 1. The third-order valence-electron chi connectivity index (χ3n) is 4.55. The zero-order valence-electron chi connectivity index (χ0n) is 15.8. The van der Waals surface area contributed by atoms with Crippen LogP contribution in [0.5, 0.6) is 5.75 Å². The Balaban J connectivity index is 1.57. The molecular weight excluding hydrogens is 398 g/mol. The topological polar surface area (TPSA) is 108 Å². The Kier molecular flexibility index (Phi) is 6.23. The minimum Gasteiger partial charge on any atom is -0.508 e. The second-order valence-electron chi connectivity index (χ2n) is 6.53. The van der Waals surface area contributed by atoms with Gasteiger partial charge >= 0.3 is 0 Å². The van der Waals surface area contributed by atoms with Gasteiger partial charge in [-0.05, 0) is 18.2 Å². The first kappa shape index (κ1) is 19.6. The second-order valence-corrected chi connectivity index (χ2v) is 6.94. The van der Waals surface area contributed by atoms with Crippen molar-refractivity contribution in [3.05, 3.63) is 28.8 Å². The van der Waals surface area contributed by atoms with Gasteiger partial charge in [0.05, 0.1) is 32.6 Å². The molecule has 0 radical (unpaired) electrons. The molecule has 1 aromatic heterocycles. The van der Waals surface area contributed by atoms with Crippen molar-refractivity contribution in [2.45, 2.75) is 0 Å². The number of aromatic nitrogens is 3. The summed E-state index contributed by atoms with van der Waals surface area (Å²) in [6.45, 7) is 5.40. The van der Waals surface area contributed by atoms with E-state index < -0.39 is 0 Å². The number of morpholine rings is 2. The lowest BCUT2D eigenvalue weighted by atomic mass is 10.2. The predicted octanol–water partition coefficient (Wildman–Crippen LogP) is 1.35. The van der Waals surface area contributed by atoms with Crippen molar-refractivity contribution in [1.29, 1.82) is 0 Å². The van der Waals surface area contributed by atoms with Crippen molar-refractivity contribution >= 4 is 35.7 Å². The van der Waals surface area contributed by atoms with Crippen LogP contribution < -0.4 is 15.2 Å². The standard InChI is InChI=1S/C18H22ClN7O3/c19-15-2-1-14(27)11-13(15)12-20-24-16-21-17(25-3-7-28-8-4-25)23-18(22-16)26-5-9-29-10-6-26/h1-2,11-12,27H,3-10H2,(H,21,22,23,24)/b20-12-. The van der Waals surface area contributed by atoms with Crippen LogP contribution in [0.15, 0.2) is 23.3 Å². The maximum atomic E-state index is 9.61. The summed E-state index contributed by atoms with van der Waals surface area (Å²) in [5.41, 5.74) is 3.43. The highest BCUT2D eigenvalue weighted by Crippen LogP contribution is 2.20. The summed E-state index contributed by atoms with van der Waals surface area (Å²) >= 11 is 6.12. The average Bonchev–Trinajstić information content (AvgIpc) is 2.77. The molecule has 0 saturated carbocycles. The lowest BCUT2D eigenvalue weighted by molar-refractivity contribution is 0.121. The third kappa shape index (κ3) is 5.03. The summed E-state index contributed by atoms with van der Waals surface area (Å²) in [6, 6.07) is 4.65. The van der Waals surface area contributed by atoms with E-state index in [9.17, 15) is 5.11 Å². The molecular formula is C18H22ClN7O3. The van der Waals surface area contributed by atoms with Crippen LogP contribution >= 0.6 is 11.6 Å². The molecule has 2 fully saturated rings. The first-order chi connectivity index (χ1) is 14.2. The Morgan fingerprint density at radius 1 is 0.966 bits per heavy atom. The van der Waals surface area contributed by atoms with Gasteiger partial charge in [-0.2, -0.15) is 20.1 Å². The highest BCUT2D eigenvalue weighted by atomic mass is 35.5. The zero-order valence-corrected chi connectivity index (χ0v) is 16.5. The number of hydrazone groups is 1. The van der Waals surface area contributed by atoms with Gasteiger partial charge in [-0.25, -0.2) is 5.43 Å². The fourth-order valence-electron chi connectivity index (χ4n) is 3.00. The number of benzene rings is 1.